The van der Waals surface area contributed by atoms with Crippen LogP contribution in [0.2, 0.25) is 0 Å². The molecule has 1 aliphatic heterocycles. The molecule has 1 heterocycles. The molecule has 0 aromatic heterocycles. The van der Waals surface area contributed by atoms with Gasteiger partial charge in [-0.15, -0.1) is 0 Å². The molecule has 2 rings (SSSR count). The number of unbranched alkanes of at least 4 members (excludes halogenated alkanes) is 5. The predicted octanol–water partition coefficient (Wildman–Crippen LogP) is 3.47. The first-order chi connectivity index (χ1) is 11.2. The molecule has 0 unspecified atom stereocenters. The Morgan fingerprint density at radius 2 is 1.70 bits per heavy atom. The molecule has 1 aliphatic carbocycles. The van der Waals surface area contributed by atoms with Gasteiger partial charge in [-0.2, -0.15) is 0 Å². The molecule has 5 nitrogen and oxygen atoms in total. The zero-order valence-electron chi connectivity index (χ0n) is 13.8. The average Bonchev–Trinajstić information content (AvgIpc) is 3.14. The van der Waals surface area contributed by atoms with Crippen LogP contribution >= 0.6 is 11.8 Å². The van der Waals surface area contributed by atoms with Crippen molar-refractivity contribution in [2.45, 2.75) is 76.7 Å². The second-order valence-corrected chi connectivity index (χ2v) is 7.45. The number of hydrogen-bond acceptors (Lipinski definition) is 4. The second kappa shape index (κ2) is 9.96. The Bertz CT molecular complexity index is 406. The zero-order valence-corrected chi connectivity index (χ0v) is 14.7. The fourth-order valence-corrected chi connectivity index (χ4v) is 3.98. The van der Waals surface area contributed by atoms with E-state index in [2.05, 4.69) is 5.32 Å². The van der Waals surface area contributed by atoms with Crippen molar-refractivity contribution in [1.82, 2.24) is 10.2 Å². The largest absolute Gasteiger partial charge is 0.353 e. The van der Waals surface area contributed by atoms with Crippen LogP contribution in [0.5, 0.6) is 0 Å². The van der Waals surface area contributed by atoms with E-state index in [4.69, 9.17) is 0 Å². The summed E-state index contributed by atoms with van der Waals surface area (Å²) in [6.07, 6.45) is 11.6. The van der Waals surface area contributed by atoms with E-state index in [-0.39, 0.29) is 17.1 Å². The van der Waals surface area contributed by atoms with Crippen LogP contribution in [-0.4, -0.2) is 40.3 Å². The summed E-state index contributed by atoms with van der Waals surface area (Å²) in [5, 5.41) is 3.03. The SMILES string of the molecule is O=C(CCCCCCCCN1C(=O)CSC1=O)NC1CCCC1. The number of carbonyl (C=O) groups is 3. The van der Waals surface area contributed by atoms with Crippen LogP contribution < -0.4 is 5.32 Å². The van der Waals surface area contributed by atoms with Gasteiger partial charge < -0.3 is 5.32 Å². The Morgan fingerprint density at radius 1 is 1.04 bits per heavy atom. The van der Waals surface area contributed by atoms with Gasteiger partial charge in [-0.05, 0) is 25.7 Å². The van der Waals surface area contributed by atoms with Gasteiger partial charge in [-0.25, -0.2) is 0 Å². The molecule has 1 saturated carbocycles. The number of nitrogens with one attached hydrogen (secondary N) is 1. The minimum Gasteiger partial charge on any atom is -0.353 e. The van der Waals surface area contributed by atoms with E-state index in [1.807, 2.05) is 0 Å². The van der Waals surface area contributed by atoms with E-state index >= 15 is 0 Å². The first kappa shape index (κ1) is 18.3. The Labute approximate surface area is 142 Å². The van der Waals surface area contributed by atoms with Crippen LogP contribution in [-0.2, 0) is 9.59 Å². The first-order valence-corrected chi connectivity index (χ1v) is 9.92. The Morgan fingerprint density at radius 3 is 2.35 bits per heavy atom. The number of rotatable bonds is 10. The molecule has 6 heteroatoms. The summed E-state index contributed by atoms with van der Waals surface area (Å²) < 4.78 is 0. The average molecular weight is 340 g/mol. The smallest absolute Gasteiger partial charge is 0.288 e. The molecule has 0 atom stereocenters. The number of imide groups is 1. The highest BCUT2D eigenvalue weighted by Gasteiger charge is 2.28. The van der Waals surface area contributed by atoms with Crippen molar-refractivity contribution in [1.29, 1.82) is 0 Å². The third-order valence-electron chi connectivity index (χ3n) is 4.60. The van der Waals surface area contributed by atoms with Crippen LogP contribution in [0.15, 0.2) is 0 Å². The summed E-state index contributed by atoms with van der Waals surface area (Å²) >= 11 is 1.10. The molecule has 0 bridgehead atoms. The molecule has 2 fully saturated rings. The van der Waals surface area contributed by atoms with Crippen molar-refractivity contribution >= 4 is 28.8 Å². The van der Waals surface area contributed by atoms with Crippen LogP contribution in [0.4, 0.5) is 4.79 Å². The third-order valence-corrected chi connectivity index (χ3v) is 5.46. The Kier molecular flexibility index (Phi) is 7.92. The van der Waals surface area contributed by atoms with Crippen molar-refractivity contribution in [3.63, 3.8) is 0 Å². The van der Waals surface area contributed by atoms with E-state index in [9.17, 15) is 14.4 Å². The molecule has 130 valence electrons. The summed E-state index contributed by atoms with van der Waals surface area (Å²) in [5.41, 5.74) is 0. The maximum absolute atomic E-state index is 11.8. The topological polar surface area (TPSA) is 66.5 Å². The lowest BCUT2D eigenvalue weighted by Gasteiger charge is -2.12. The number of thioether (sulfide) groups is 1. The van der Waals surface area contributed by atoms with E-state index in [1.165, 1.54) is 17.7 Å². The highest BCUT2D eigenvalue weighted by atomic mass is 32.2. The Balaban J connectivity index is 1.40. The van der Waals surface area contributed by atoms with Gasteiger partial charge in [0, 0.05) is 19.0 Å². The molecule has 0 aromatic rings. The minimum absolute atomic E-state index is 0.0479. The number of amides is 3. The second-order valence-electron chi connectivity index (χ2n) is 6.52. The summed E-state index contributed by atoms with van der Waals surface area (Å²) in [4.78, 5) is 36.0. The third kappa shape index (κ3) is 6.53. The van der Waals surface area contributed by atoms with E-state index < -0.39 is 0 Å². The van der Waals surface area contributed by atoms with E-state index in [0.29, 0.717) is 24.8 Å². The molecule has 0 aromatic carbocycles. The van der Waals surface area contributed by atoms with Crippen molar-refractivity contribution in [3.05, 3.63) is 0 Å². The summed E-state index contributed by atoms with van der Waals surface area (Å²) in [6, 6.07) is 0.427. The van der Waals surface area contributed by atoms with Gasteiger partial charge in [0.2, 0.25) is 11.8 Å². The van der Waals surface area contributed by atoms with Gasteiger partial charge in [0.05, 0.1) is 5.75 Å². The van der Waals surface area contributed by atoms with Crippen molar-refractivity contribution in [3.8, 4) is 0 Å². The van der Waals surface area contributed by atoms with Gasteiger partial charge in [-0.3, -0.25) is 19.3 Å². The molecule has 2 aliphatic rings. The first-order valence-electron chi connectivity index (χ1n) is 8.93. The Hall–Kier alpha value is -1.04. The summed E-state index contributed by atoms with van der Waals surface area (Å²) in [5.74, 6) is 0.468. The van der Waals surface area contributed by atoms with Gasteiger partial charge in [0.25, 0.3) is 5.24 Å². The maximum Gasteiger partial charge on any atom is 0.288 e. The molecular formula is C17H28N2O3S. The van der Waals surface area contributed by atoms with Crippen LogP contribution in [0, 0.1) is 0 Å². The molecule has 23 heavy (non-hydrogen) atoms. The molecule has 0 radical (unpaired) electrons. The zero-order chi connectivity index (χ0) is 16.5. The molecule has 0 spiro atoms. The highest BCUT2D eigenvalue weighted by molar-refractivity contribution is 8.14. The molecule has 1 saturated heterocycles. The van der Waals surface area contributed by atoms with Gasteiger partial charge >= 0.3 is 0 Å². The van der Waals surface area contributed by atoms with Gasteiger partial charge in [0.1, 0.15) is 0 Å². The van der Waals surface area contributed by atoms with Crippen LogP contribution in [0.1, 0.15) is 70.6 Å². The van der Waals surface area contributed by atoms with E-state index in [1.54, 1.807) is 0 Å². The lowest BCUT2D eigenvalue weighted by molar-refractivity contribution is -0.124. The predicted molar refractivity (Wildman–Crippen MR) is 92.3 cm³/mol. The van der Waals surface area contributed by atoms with Crippen LogP contribution in [0.3, 0.4) is 0 Å². The summed E-state index contributed by atoms with van der Waals surface area (Å²) in [7, 11) is 0. The molecule has 1 N–H and O–H groups in total. The normalized spacial score (nSPS) is 18.9. The fourth-order valence-electron chi connectivity index (χ4n) is 3.23. The lowest BCUT2D eigenvalue weighted by Crippen LogP contribution is -2.32. The fraction of sp³-hybridized carbons (Fsp3) is 0.824. The van der Waals surface area contributed by atoms with Gasteiger partial charge in [0.15, 0.2) is 0 Å². The number of hydrogen-bond donors (Lipinski definition) is 1. The van der Waals surface area contributed by atoms with E-state index in [0.717, 1.165) is 63.1 Å². The van der Waals surface area contributed by atoms with Crippen LogP contribution in [0.25, 0.3) is 0 Å². The highest BCUT2D eigenvalue weighted by Crippen LogP contribution is 2.20. The quantitative estimate of drug-likeness (QED) is 0.618. The van der Waals surface area contributed by atoms with Crippen molar-refractivity contribution in [2.24, 2.45) is 0 Å². The summed E-state index contributed by atoms with van der Waals surface area (Å²) in [6.45, 7) is 0.564. The van der Waals surface area contributed by atoms with Gasteiger partial charge in [-0.1, -0.05) is 50.3 Å². The number of nitrogens with zero attached hydrogens (tertiary/aromatic N) is 1. The van der Waals surface area contributed by atoms with Crippen molar-refractivity contribution < 1.29 is 14.4 Å². The lowest BCUT2D eigenvalue weighted by atomic mass is 10.1. The minimum atomic E-state index is -0.0942. The van der Waals surface area contributed by atoms with Crippen molar-refractivity contribution in [2.75, 3.05) is 12.3 Å². The number of carbonyl (C=O) groups excluding carboxylic acids is 3. The standard InChI is InChI=1S/C17H28N2O3S/c20-15(18-14-9-6-7-10-14)11-5-3-1-2-4-8-12-19-16(21)13-23-17(19)22/h14H,1-13H2,(H,18,20). The molecular weight excluding hydrogens is 312 g/mol. The maximum atomic E-state index is 11.8. The molecule has 3 amide bonds. The monoisotopic (exact) mass is 340 g/mol.